The third-order valence-corrected chi connectivity index (χ3v) is 6.35. The van der Waals surface area contributed by atoms with E-state index >= 15 is 0 Å². The number of hydrogen-bond acceptors (Lipinski definition) is 4. The molecule has 1 N–H and O–H groups in total. The van der Waals surface area contributed by atoms with Gasteiger partial charge in [-0.25, -0.2) is 0 Å². The normalized spacial score (nSPS) is 14.3. The zero-order valence-corrected chi connectivity index (χ0v) is 22.3. The Balaban J connectivity index is 3.44. The van der Waals surface area contributed by atoms with Gasteiger partial charge in [0.1, 0.15) is 5.75 Å². The van der Waals surface area contributed by atoms with Crippen LogP contribution < -0.4 is 0 Å². The molecular formula is C25H45O4P. The summed E-state index contributed by atoms with van der Waals surface area (Å²) in [6, 6.07) is 3.91. The fourth-order valence-corrected chi connectivity index (χ4v) is 4.92. The first-order chi connectivity index (χ1) is 13.1. The highest BCUT2D eigenvalue weighted by Gasteiger charge is 2.32. The molecule has 1 aromatic rings. The summed E-state index contributed by atoms with van der Waals surface area (Å²) >= 11 is 0. The van der Waals surface area contributed by atoms with Gasteiger partial charge in [-0.05, 0) is 38.4 Å². The zero-order chi connectivity index (χ0) is 23.8. The van der Waals surface area contributed by atoms with Crippen LogP contribution in [0.15, 0.2) is 12.1 Å². The standard InChI is InChI=1S/C25H45O4P/c1-22(2,3)16-28-30(27,29-17-23(4,5)6)15-18-13-19(24(7,8)9)21(26)20(14-18)25(10,11)12/h13-14,26H,15-17H2,1-12H3. The monoisotopic (exact) mass is 440 g/mol. The number of phenols is 1. The van der Waals surface area contributed by atoms with E-state index in [4.69, 9.17) is 9.05 Å². The van der Waals surface area contributed by atoms with Crippen molar-refractivity contribution in [2.75, 3.05) is 13.2 Å². The van der Waals surface area contributed by atoms with Crippen LogP contribution in [0.4, 0.5) is 0 Å². The summed E-state index contributed by atoms with van der Waals surface area (Å²) < 4.78 is 25.7. The van der Waals surface area contributed by atoms with E-state index in [-0.39, 0.29) is 27.8 Å². The van der Waals surface area contributed by atoms with Crippen molar-refractivity contribution in [3.8, 4) is 5.75 Å². The fraction of sp³-hybridized carbons (Fsp3) is 0.760. The lowest BCUT2D eigenvalue weighted by Gasteiger charge is -2.30. The smallest absolute Gasteiger partial charge is 0.335 e. The summed E-state index contributed by atoms with van der Waals surface area (Å²) in [6.45, 7) is 25.5. The molecule has 4 nitrogen and oxygen atoms in total. The minimum absolute atomic E-state index is 0.122. The maximum atomic E-state index is 13.8. The first kappa shape index (κ1) is 27.2. The average molecular weight is 441 g/mol. The van der Waals surface area contributed by atoms with E-state index in [0.717, 1.165) is 16.7 Å². The number of rotatable bonds is 6. The van der Waals surface area contributed by atoms with Gasteiger partial charge >= 0.3 is 7.60 Å². The topological polar surface area (TPSA) is 55.8 Å². The minimum atomic E-state index is -3.38. The molecule has 0 aliphatic carbocycles. The van der Waals surface area contributed by atoms with Crippen LogP contribution in [0.25, 0.3) is 0 Å². The van der Waals surface area contributed by atoms with Crippen molar-refractivity contribution in [3.63, 3.8) is 0 Å². The average Bonchev–Trinajstić information content (AvgIpc) is 2.49. The molecule has 0 aliphatic heterocycles. The third kappa shape index (κ3) is 8.73. The van der Waals surface area contributed by atoms with E-state index in [0.29, 0.717) is 19.0 Å². The molecule has 0 saturated heterocycles. The van der Waals surface area contributed by atoms with E-state index < -0.39 is 7.60 Å². The van der Waals surface area contributed by atoms with Crippen LogP contribution in [0.3, 0.4) is 0 Å². The molecule has 0 aliphatic rings. The maximum Gasteiger partial charge on any atom is 0.335 e. The van der Waals surface area contributed by atoms with Crippen LogP contribution in [0.1, 0.15) is 99.8 Å². The highest BCUT2D eigenvalue weighted by Crippen LogP contribution is 2.54. The van der Waals surface area contributed by atoms with E-state index in [2.05, 4.69) is 83.1 Å². The maximum absolute atomic E-state index is 13.8. The minimum Gasteiger partial charge on any atom is -0.507 e. The highest BCUT2D eigenvalue weighted by atomic mass is 31.2. The van der Waals surface area contributed by atoms with Gasteiger partial charge in [-0.2, -0.15) is 0 Å². The molecule has 0 atom stereocenters. The first-order valence-electron chi connectivity index (χ1n) is 10.9. The first-order valence-corrected chi connectivity index (χ1v) is 12.6. The van der Waals surface area contributed by atoms with Gasteiger partial charge < -0.3 is 14.2 Å². The molecule has 0 amide bonds. The quantitative estimate of drug-likeness (QED) is 0.458. The molecule has 0 aromatic heterocycles. The lowest BCUT2D eigenvalue weighted by molar-refractivity contribution is 0.122. The van der Waals surface area contributed by atoms with Gasteiger partial charge in [-0.1, -0.05) is 95.2 Å². The fourth-order valence-electron chi connectivity index (χ4n) is 2.87. The van der Waals surface area contributed by atoms with Crippen molar-refractivity contribution in [1.29, 1.82) is 0 Å². The van der Waals surface area contributed by atoms with Crippen molar-refractivity contribution in [3.05, 3.63) is 28.8 Å². The Hall–Kier alpha value is -0.830. The number of phenolic OH excluding ortho intramolecular Hbond substituents is 1. The second kappa shape index (κ2) is 8.96. The number of benzene rings is 1. The van der Waals surface area contributed by atoms with Crippen molar-refractivity contribution in [2.24, 2.45) is 10.8 Å². The van der Waals surface area contributed by atoms with Crippen LogP contribution in [-0.2, 0) is 30.6 Å². The van der Waals surface area contributed by atoms with Crippen LogP contribution >= 0.6 is 7.60 Å². The van der Waals surface area contributed by atoms with Crippen molar-refractivity contribution < 1.29 is 18.7 Å². The summed E-state index contributed by atoms with van der Waals surface area (Å²) in [7, 11) is -3.38. The van der Waals surface area contributed by atoms with Gasteiger partial charge in [0.25, 0.3) is 0 Å². The summed E-state index contributed by atoms with van der Waals surface area (Å²) in [5, 5.41) is 11.0. The van der Waals surface area contributed by atoms with E-state index in [1.54, 1.807) is 0 Å². The molecule has 1 aromatic carbocycles. The third-order valence-electron chi connectivity index (χ3n) is 4.55. The Morgan fingerprint density at radius 2 is 1.07 bits per heavy atom. The van der Waals surface area contributed by atoms with Gasteiger partial charge in [0, 0.05) is 0 Å². The van der Waals surface area contributed by atoms with E-state index in [1.807, 2.05) is 12.1 Å². The number of aromatic hydroxyl groups is 1. The Labute approximate surface area is 185 Å². The molecule has 0 saturated carbocycles. The second-order valence-electron chi connectivity index (χ2n) is 13.0. The molecule has 30 heavy (non-hydrogen) atoms. The van der Waals surface area contributed by atoms with Crippen LogP contribution in [0.5, 0.6) is 5.75 Å². The summed E-state index contributed by atoms with van der Waals surface area (Å²) in [6.07, 6.45) is 0.186. The van der Waals surface area contributed by atoms with E-state index in [9.17, 15) is 9.67 Å². The van der Waals surface area contributed by atoms with Gasteiger partial charge in [0.2, 0.25) is 0 Å². The molecule has 0 unspecified atom stereocenters. The zero-order valence-electron chi connectivity index (χ0n) is 21.4. The van der Waals surface area contributed by atoms with Crippen LogP contribution in [0.2, 0.25) is 0 Å². The Morgan fingerprint density at radius 1 is 0.733 bits per heavy atom. The molecule has 0 bridgehead atoms. The summed E-state index contributed by atoms with van der Waals surface area (Å²) in [5.74, 6) is 0.319. The molecule has 0 spiro atoms. The second-order valence-corrected chi connectivity index (χ2v) is 15.0. The molecule has 0 radical (unpaired) electrons. The van der Waals surface area contributed by atoms with Gasteiger partial charge in [-0.3, -0.25) is 4.57 Å². The largest absolute Gasteiger partial charge is 0.507 e. The molecule has 5 heteroatoms. The lowest BCUT2D eigenvalue weighted by Crippen LogP contribution is -2.19. The Kier molecular flexibility index (Phi) is 8.13. The van der Waals surface area contributed by atoms with Crippen LogP contribution in [0, 0.1) is 10.8 Å². The SMILES string of the molecule is CC(C)(C)COP(=O)(Cc1cc(C(C)(C)C)c(O)c(C(C)(C)C)c1)OCC(C)(C)C. The van der Waals surface area contributed by atoms with Gasteiger partial charge in [0.05, 0.1) is 19.4 Å². The Bertz CT molecular complexity index is 711. The lowest BCUT2D eigenvalue weighted by atomic mass is 9.78. The highest BCUT2D eigenvalue weighted by molar-refractivity contribution is 7.53. The number of hydrogen-bond donors (Lipinski definition) is 1. The predicted molar refractivity (Wildman–Crippen MR) is 128 cm³/mol. The Morgan fingerprint density at radius 3 is 1.33 bits per heavy atom. The van der Waals surface area contributed by atoms with Crippen molar-refractivity contribution in [2.45, 2.75) is 100 Å². The van der Waals surface area contributed by atoms with Crippen molar-refractivity contribution >= 4 is 7.60 Å². The molecule has 1 rings (SSSR count). The summed E-state index contributed by atoms with van der Waals surface area (Å²) in [5.41, 5.74) is 1.83. The van der Waals surface area contributed by atoms with Crippen molar-refractivity contribution in [1.82, 2.24) is 0 Å². The molecule has 0 heterocycles. The predicted octanol–water partition coefficient (Wildman–Crippen LogP) is 7.81. The van der Waals surface area contributed by atoms with E-state index in [1.165, 1.54) is 0 Å². The molecule has 0 fully saturated rings. The summed E-state index contributed by atoms with van der Waals surface area (Å²) in [4.78, 5) is 0. The van der Waals surface area contributed by atoms with Crippen LogP contribution in [-0.4, -0.2) is 18.3 Å². The van der Waals surface area contributed by atoms with Gasteiger partial charge in [0.15, 0.2) is 0 Å². The van der Waals surface area contributed by atoms with Gasteiger partial charge in [-0.15, -0.1) is 0 Å². The molecule has 174 valence electrons. The molecular weight excluding hydrogens is 395 g/mol.